The van der Waals surface area contributed by atoms with Crippen LogP contribution in [0.3, 0.4) is 0 Å². The quantitative estimate of drug-likeness (QED) is 0.653. The van der Waals surface area contributed by atoms with Gasteiger partial charge in [0.05, 0.1) is 5.56 Å². The number of piperidine rings is 1. The first kappa shape index (κ1) is 24.5. The lowest BCUT2D eigenvalue weighted by atomic mass is 9.97. The van der Waals surface area contributed by atoms with Crippen LogP contribution in [0.4, 0.5) is 5.69 Å². The summed E-state index contributed by atoms with van der Waals surface area (Å²) < 4.78 is 28.7. The topological polar surface area (TPSA) is 103 Å². The number of hydrogen-bond donors (Lipinski definition) is 2. The molecule has 3 heterocycles. The fraction of sp³-hybridized carbons (Fsp3) is 0.520. The van der Waals surface area contributed by atoms with E-state index in [4.69, 9.17) is 0 Å². The molecule has 2 amide bonds. The molecule has 0 spiro atoms. The van der Waals surface area contributed by atoms with Gasteiger partial charge in [-0.1, -0.05) is 19.1 Å². The summed E-state index contributed by atoms with van der Waals surface area (Å²) in [6.07, 6.45) is 3.70. The molecule has 9 heteroatoms. The standard InChI is InChI=1S/C25H34N4O4S/c1-4-19-7-9-21(10-8-19)27-24(30)20-11-15-29(16-12-20)34(32,33)23-18(3)26-17(2)22(23)25(31)28-13-5-6-14-28/h7-10,20,26H,4-6,11-16H2,1-3H3,(H,27,30). The Labute approximate surface area is 201 Å². The van der Waals surface area contributed by atoms with E-state index >= 15 is 0 Å². The van der Waals surface area contributed by atoms with E-state index in [0.29, 0.717) is 37.3 Å². The van der Waals surface area contributed by atoms with Crippen LogP contribution < -0.4 is 5.32 Å². The van der Waals surface area contributed by atoms with E-state index in [2.05, 4.69) is 17.2 Å². The lowest BCUT2D eigenvalue weighted by molar-refractivity contribution is -0.120. The maximum absolute atomic E-state index is 13.6. The summed E-state index contributed by atoms with van der Waals surface area (Å²) in [6, 6.07) is 7.78. The van der Waals surface area contributed by atoms with E-state index in [0.717, 1.165) is 24.9 Å². The Morgan fingerprint density at radius 3 is 2.21 bits per heavy atom. The molecule has 0 aliphatic carbocycles. The Hall–Kier alpha value is -2.65. The van der Waals surface area contributed by atoms with Crippen LogP contribution in [-0.2, 0) is 21.2 Å². The summed E-state index contributed by atoms with van der Waals surface area (Å²) in [6.45, 7) is 7.33. The molecule has 0 unspecified atom stereocenters. The van der Waals surface area contributed by atoms with E-state index in [-0.39, 0.29) is 41.3 Å². The number of sulfonamides is 1. The fourth-order valence-corrected chi connectivity index (χ4v) is 6.86. The number of aryl methyl sites for hydroxylation is 3. The van der Waals surface area contributed by atoms with E-state index in [1.54, 1.807) is 18.7 Å². The first-order valence-electron chi connectivity index (χ1n) is 12.1. The Balaban J connectivity index is 1.46. The average Bonchev–Trinajstić information content (AvgIpc) is 3.47. The highest BCUT2D eigenvalue weighted by atomic mass is 32.2. The largest absolute Gasteiger partial charge is 0.361 e. The number of amides is 2. The number of likely N-dealkylation sites (tertiary alicyclic amines) is 1. The van der Waals surface area contributed by atoms with E-state index in [1.165, 1.54) is 9.87 Å². The number of benzene rings is 1. The molecule has 2 N–H and O–H groups in total. The highest BCUT2D eigenvalue weighted by molar-refractivity contribution is 7.89. The number of H-pyrrole nitrogens is 1. The number of carbonyl (C=O) groups excluding carboxylic acids is 2. The van der Waals surface area contributed by atoms with Crippen molar-refractivity contribution in [2.24, 2.45) is 5.92 Å². The average molecular weight is 487 g/mol. The lowest BCUT2D eigenvalue weighted by Gasteiger charge is -2.31. The summed E-state index contributed by atoms with van der Waals surface area (Å²) in [4.78, 5) is 30.8. The highest BCUT2D eigenvalue weighted by Gasteiger charge is 2.38. The first-order valence-corrected chi connectivity index (χ1v) is 13.5. The van der Waals surface area contributed by atoms with Gasteiger partial charge in [0.15, 0.2) is 0 Å². The number of aromatic amines is 1. The molecule has 2 fully saturated rings. The van der Waals surface area contributed by atoms with E-state index < -0.39 is 10.0 Å². The predicted molar refractivity (Wildman–Crippen MR) is 131 cm³/mol. The molecule has 2 aliphatic rings. The minimum Gasteiger partial charge on any atom is -0.361 e. The predicted octanol–water partition coefficient (Wildman–Crippen LogP) is 3.47. The molecule has 34 heavy (non-hydrogen) atoms. The second kappa shape index (κ2) is 9.92. The van der Waals surface area contributed by atoms with Crippen LogP contribution in [0.15, 0.2) is 29.2 Å². The van der Waals surface area contributed by atoms with Crippen molar-refractivity contribution in [1.82, 2.24) is 14.2 Å². The second-order valence-electron chi connectivity index (χ2n) is 9.30. The highest BCUT2D eigenvalue weighted by Crippen LogP contribution is 2.31. The van der Waals surface area contributed by atoms with Gasteiger partial charge >= 0.3 is 0 Å². The molecule has 1 aromatic carbocycles. The monoisotopic (exact) mass is 486 g/mol. The zero-order valence-corrected chi connectivity index (χ0v) is 21.0. The fourth-order valence-electron chi connectivity index (χ4n) is 4.97. The third-order valence-electron chi connectivity index (χ3n) is 6.98. The first-order chi connectivity index (χ1) is 16.2. The van der Waals surface area contributed by atoms with Crippen LogP contribution in [0.5, 0.6) is 0 Å². The molecule has 184 valence electrons. The number of aromatic nitrogens is 1. The van der Waals surface area contributed by atoms with Gasteiger partial charge in [0, 0.05) is 49.2 Å². The van der Waals surface area contributed by atoms with Crippen molar-refractivity contribution in [2.45, 2.75) is 57.8 Å². The number of anilines is 1. The number of nitrogens with zero attached hydrogens (tertiary/aromatic N) is 2. The van der Waals surface area contributed by atoms with Crippen molar-refractivity contribution in [3.8, 4) is 0 Å². The van der Waals surface area contributed by atoms with Crippen LogP contribution in [-0.4, -0.2) is 60.6 Å². The molecule has 1 aromatic heterocycles. The maximum atomic E-state index is 13.6. The Bertz CT molecular complexity index is 1160. The third kappa shape index (κ3) is 4.77. The van der Waals surface area contributed by atoms with Crippen LogP contribution in [0, 0.1) is 19.8 Å². The van der Waals surface area contributed by atoms with Crippen molar-refractivity contribution in [1.29, 1.82) is 0 Å². The number of hydrogen-bond acceptors (Lipinski definition) is 4. The molecule has 0 radical (unpaired) electrons. The number of rotatable bonds is 6. The molecule has 0 atom stereocenters. The smallest absolute Gasteiger partial charge is 0.257 e. The summed E-state index contributed by atoms with van der Waals surface area (Å²) in [5.74, 6) is -0.557. The van der Waals surface area contributed by atoms with Gasteiger partial charge in [-0.2, -0.15) is 4.31 Å². The van der Waals surface area contributed by atoms with Gasteiger partial charge in [0.2, 0.25) is 15.9 Å². The molecular weight excluding hydrogens is 452 g/mol. The molecular formula is C25H34N4O4S. The van der Waals surface area contributed by atoms with Gasteiger partial charge in [-0.05, 0) is 63.6 Å². The van der Waals surface area contributed by atoms with Gasteiger partial charge < -0.3 is 15.2 Å². The van der Waals surface area contributed by atoms with Crippen molar-refractivity contribution in [3.63, 3.8) is 0 Å². The third-order valence-corrected chi connectivity index (χ3v) is 9.05. The van der Waals surface area contributed by atoms with Gasteiger partial charge in [-0.25, -0.2) is 8.42 Å². The van der Waals surface area contributed by atoms with E-state index in [1.807, 2.05) is 24.3 Å². The molecule has 2 saturated heterocycles. The summed E-state index contributed by atoms with van der Waals surface area (Å²) in [5, 5.41) is 2.95. The van der Waals surface area contributed by atoms with Crippen molar-refractivity contribution >= 4 is 27.5 Å². The zero-order valence-electron chi connectivity index (χ0n) is 20.2. The Morgan fingerprint density at radius 1 is 1.00 bits per heavy atom. The summed E-state index contributed by atoms with van der Waals surface area (Å²) in [5.41, 5.74) is 3.27. The minimum atomic E-state index is -3.87. The van der Waals surface area contributed by atoms with Gasteiger partial charge in [0.25, 0.3) is 5.91 Å². The van der Waals surface area contributed by atoms with Crippen LogP contribution in [0.1, 0.15) is 59.9 Å². The maximum Gasteiger partial charge on any atom is 0.257 e. The van der Waals surface area contributed by atoms with Gasteiger partial charge in [-0.3, -0.25) is 9.59 Å². The number of nitrogens with one attached hydrogen (secondary N) is 2. The SMILES string of the molecule is CCc1ccc(NC(=O)C2CCN(S(=O)(=O)c3c(C)[nH]c(C)c3C(=O)N3CCCC3)CC2)cc1. The van der Waals surface area contributed by atoms with E-state index in [9.17, 15) is 18.0 Å². The molecule has 8 nitrogen and oxygen atoms in total. The normalized spacial score (nSPS) is 17.8. The van der Waals surface area contributed by atoms with Crippen molar-refractivity contribution < 1.29 is 18.0 Å². The molecule has 0 bridgehead atoms. The van der Waals surface area contributed by atoms with Crippen LogP contribution in [0.2, 0.25) is 0 Å². The molecule has 2 aliphatic heterocycles. The van der Waals surface area contributed by atoms with Crippen molar-refractivity contribution in [2.75, 3.05) is 31.5 Å². The minimum absolute atomic E-state index is 0.0835. The summed E-state index contributed by atoms with van der Waals surface area (Å²) in [7, 11) is -3.87. The van der Waals surface area contributed by atoms with Crippen molar-refractivity contribution in [3.05, 3.63) is 46.8 Å². The molecule has 0 saturated carbocycles. The Kier molecular flexibility index (Phi) is 7.14. The number of carbonyl (C=O) groups is 2. The van der Waals surface area contributed by atoms with Crippen LogP contribution >= 0.6 is 0 Å². The van der Waals surface area contributed by atoms with Gasteiger partial charge in [-0.15, -0.1) is 0 Å². The lowest BCUT2D eigenvalue weighted by Crippen LogP contribution is -2.42. The molecule has 4 rings (SSSR count). The van der Waals surface area contributed by atoms with Crippen LogP contribution in [0.25, 0.3) is 0 Å². The summed E-state index contributed by atoms with van der Waals surface area (Å²) >= 11 is 0. The zero-order chi connectivity index (χ0) is 24.5. The molecule has 2 aromatic rings. The Morgan fingerprint density at radius 2 is 1.62 bits per heavy atom. The van der Waals surface area contributed by atoms with Gasteiger partial charge in [0.1, 0.15) is 4.90 Å². The second-order valence-corrected chi connectivity index (χ2v) is 11.2.